The number of rotatable bonds is 3. The molecular formula is C11H15N3S. The van der Waals surface area contributed by atoms with Crippen molar-refractivity contribution in [2.24, 2.45) is 0 Å². The number of hydrogen-bond acceptors (Lipinski definition) is 3. The van der Waals surface area contributed by atoms with Crippen LogP contribution in [0.25, 0.3) is 11.0 Å². The van der Waals surface area contributed by atoms with E-state index in [0.717, 1.165) is 28.3 Å². The molecule has 0 bridgehead atoms. The summed E-state index contributed by atoms with van der Waals surface area (Å²) in [6.45, 7) is 4.37. The third-order valence-electron chi connectivity index (χ3n) is 2.11. The SMILES string of the molecule is CC(C)SCc1nc2ccc(N)cc2[nH]1. The number of H-pyrrole nitrogens is 1. The summed E-state index contributed by atoms with van der Waals surface area (Å²) in [7, 11) is 0. The Morgan fingerprint density at radius 3 is 3.00 bits per heavy atom. The van der Waals surface area contributed by atoms with Gasteiger partial charge in [0.25, 0.3) is 0 Å². The van der Waals surface area contributed by atoms with Crippen LogP contribution < -0.4 is 5.73 Å². The fraction of sp³-hybridized carbons (Fsp3) is 0.364. The van der Waals surface area contributed by atoms with Gasteiger partial charge in [-0.05, 0) is 23.4 Å². The molecule has 0 aliphatic rings. The summed E-state index contributed by atoms with van der Waals surface area (Å²) < 4.78 is 0. The standard InChI is InChI=1S/C11H15N3S/c1-7(2)15-6-11-13-9-4-3-8(12)5-10(9)14-11/h3-5,7H,6,12H2,1-2H3,(H,13,14). The van der Waals surface area contributed by atoms with Crippen molar-refractivity contribution in [2.45, 2.75) is 24.9 Å². The summed E-state index contributed by atoms with van der Waals surface area (Å²) in [6, 6.07) is 5.75. The van der Waals surface area contributed by atoms with Crippen LogP contribution in [0.3, 0.4) is 0 Å². The quantitative estimate of drug-likeness (QED) is 0.784. The number of anilines is 1. The number of aromatic amines is 1. The highest BCUT2D eigenvalue weighted by Gasteiger charge is 2.03. The molecule has 4 heteroatoms. The number of nitrogens with zero attached hydrogens (tertiary/aromatic N) is 1. The van der Waals surface area contributed by atoms with Crippen LogP contribution in [0.1, 0.15) is 19.7 Å². The number of benzene rings is 1. The zero-order chi connectivity index (χ0) is 10.8. The Bertz CT molecular complexity index is 462. The fourth-order valence-corrected chi connectivity index (χ4v) is 2.02. The first-order valence-electron chi connectivity index (χ1n) is 5.01. The second kappa shape index (κ2) is 4.14. The zero-order valence-electron chi connectivity index (χ0n) is 8.95. The Hall–Kier alpha value is -1.16. The maximum Gasteiger partial charge on any atom is 0.117 e. The van der Waals surface area contributed by atoms with Gasteiger partial charge in [0.2, 0.25) is 0 Å². The lowest BCUT2D eigenvalue weighted by molar-refractivity contribution is 1.08. The molecule has 0 fully saturated rings. The van der Waals surface area contributed by atoms with Gasteiger partial charge >= 0.3 is 0 Å². The second-order valence-corrected chi connectivity index (χ2v) is 5.38. The smallest absolute Gasteiger partial charge is 0.117 e. The minimum Gasteiger partial charge on any atom is -0.399 e. The van der Waals surface area contributed by atoms with Crippen molar-refractivity contribution < 1.29 is 0 Å². The zero-order valence-corrected chi connectivity index (χ0v) is 9.77. The molecule has 0 atom stereocenters. The summed E-state index contributed by atoms with van der Waals surface area (Å²) in [5.41, 5.74) is 8.49. The number of nitrogens with one attached hydrogen (secondary N) is 1. The van der Waals surface area contributed by atoms with Crippen molar-refractivity contribution in [3.8, 4) is 0 Å². The van der Waals surface area contributed by atoms with Gasteiger partial charge in [0.15, 0.2) is 0 Å². The van der Waals surface area contributed by atoms with E-state index in [0.29, 0.717) is 5.25 Å². The first-order chi connectivity index (χ1) is 7.15. The van der Waals surface area contributed by atoms with Crippen molar-refractivity contribution in [2.75, 3.05) is 5.73 Å². The van der Waals surface area contributed by atoms with Gasteiger partial charge in [0.05, 0.1) is 16.8 Å². The average molecular weight is 221 g/mol. The van der Waals surface area contributed by atoms with Crippen LogP contribution in [0, 0.1) is 0 Å². The Balaban J connectivity index is 2.23. The monoisotopic (exact) mass is 221 g/mol. The summed E-state index contributed by atoms with van der Waals surface area (Å²) in [5, 5.41) is 0.628. The Morgan fingerprint density at radius 1 is 1.47 bits per heavy atom. The maximum absolute atomic E-state index is 5.70. The highest BCUT2D eigenvalue weighted by molar-refractivity contribution is 7.99. The number of fused-ring (bicyclic) bond motifs is 1. The fourth-order valence-electron chi connectivity index (χ4n) is 1.39. The molecule has 80 valence electrons. The van der Waals surface area contributed by atoms with Crippen LogP contribution in [0.2, 0.25) is 0 Å². The van der Waals surface area contributed by atoms with E-state index >= 15 is 0 Å². The lowest BCUT2D eigenvalue weighted by Crippen LogP contribution is -1.90. The van der Waals surface area contributed by atoms with Crippen molar-refractivity contribution in [1.82, 2.24) is 9.97 Å². The van der Waals surface area contributed by atoms with Gasteiger partial charge in [-0.1, -0.05) is 13.8 Å². The third-order valence-corrected chi connectivity index (χ3v) is 3.22. The molecule has 1 aromatic carbocycles. The molecule has 0 saturated heterocycles. The summed E-state index contributed by atoms with van der Waals surface area (Å²) in [4.78, 5) is 7.77. The van der Waals surface area contributed by atoms with Gasteiger partial charge in [-0.2, -0.15) is 11.8 Å². The van der Waals surface area contributed by atoms with E-state index in [9.17, 15) is 0 Å². The lowest BCUT2D eigenvalue weighted by Gasteiger charge is -2.00. The highest BCUT2D eigenvalue weighted by Crippen LogP contribution is 2.19. The molecule has 3 N–H and O–H groups in total. The minimum absolute atomic E-state index is 0.628. The molecule has 1 heterocycles. The molecule has 0 radical (unpaired) electrons. The van der Waals surface area contributed by atoms with Gasteiger partial charge in [-0.15, -0.1) is 0 Å². The van der Waals surface area contributed by atoms with Gasteiger partial charge in [0.1, 0.15) is 5.82 Å². The molecule has 2 aromatic rings. The molecule has 3 nitrogen and oxygen atoms in total. The van der Waals surface area contributed by atoms with E-state index in [1.165, 1.54) is 0 Å². The van der Waals surface area contributed by atoms with Gasteiger partial charge < -0.3 is 10.7 Å². The maximum atomic E-state index is 5.70. The van der Waals surface area contributed by atoms with Gasteiger partial charge in [-0.3, -0.25) is 0 Å². The summed E-state index contributed by atoms with van der Waals surface area (Å²) in [6.07, 6.45) is 0. The molecule has 0 saturated carbocycles. The van der Waals surface area contributed by atoms with E-state index < -0.39 is 0 Å². The minimum atomic E-state index is 0.628. The Labute approximate surface area is 93.5 Å². The van der Waals surface area contributed by atoms with Crippen LogP contribution in [-0.2, 0) is 5.75 Å². The molecule has 0 amide bonds. The van der Waals surface area contributed by atoms with Crippen LogP contribution in [-0.4, -0.2) is 15.2 Å². The Morgan fingerprint density at radius 2 is 2.27 bits per heavy atom. The molecule has 15 heavy (non-hydrogen) atoms. The predicted molar refractivity (Wildman–Crippen MR) is 66.9 cm³/mol. The van der Waals surface area contributed by atoms with Crippen molar-refractivity contribution in [3.05, 3.63) is 24.0 Å². The summed E-state index contributed by atoms with van der Waals surface area (Å²) >= 11 is 1.88. The first-order valence-corrected chi connectivity index (χ1v) is 6.06. The average Bonchev–Trinajstić information content (AvgIpc) is 2.56. The van der Waals surface area contributed by atoms with Crippen LogP contribution in [0.5, 0.6) is 0 Å². The van der Waals surface area contributed by atoms with Crippen LogP contribution in [0.15, 0.2) is 18.2 Å². The topological polar surface area (TPSA) is 54.7 Å². The number of imidazole rings is 1. The van der Waals surface area contributed by atoms with Crippen molar-refractivity contribution in [1.29, 1.82) is 0 Å². The van der Waals surface area contributed by atoms with Crippen LogP contribution >= 0.6 is 11.8 Å². The molecule has 2 rings (SSSR count). The van der Waals surface area contributed by atoms with E-state index in [2.05, 4.69) is 23.8 Å². The molecule has 0 aliphatic carbocycles. The van der Waals surface area contributed by atoms with E-state index in [4.69, 9.17) is 5.73 Å². The second-order valence-electron chi connectivity index (χ2n) is 3.82. The summed E-state index contributed by atoms with van der Waals surface area (Å²) in [5.74, 6) is 1.95. The largest absolute Gasteiger partial charge is 0.399 e. The number of aromatic nitrogens is 2. The lowest BCUT2D eigenvalue weighted by atomic mass is 10.3. The number of hydrogen-bond donors (Lipinski definition) is 2. The number of nitrogen functional groups attached to an aromatic ring is 1. The van der Waals surface area contributed by atoms with E-state index in [1.54, 1.807) is 0 Å². The van der Waals surface area contributed by atoms with Gasteiger partial charge in [-0.25, -0.2) is 4.98 Å². The normalized spacial score (nSPS) is 11.4. The molecule has 1 aromatic heterocycles. The van der Waals surface area contributed by atoms with E-state index in [1.807, 2.05) is 30.0 Å². The Kier molecular flexibility index (Phi) is 2.86. The molecule has 0 unspecified atom stereocenters. The number of thioether (sulfide) groups is 1. The van der Waals surface area contributed by atoms with Crippen molar-refractivity contribution >= 4 is 28.5 Å². The van der Waals surface area contributed by atoms with Crippen molar-refractivity contribution in [3.63, 3.8) is 0 Å². The highest BCUT2D eigenvalue weighted by atomic mass is 32.2. The molecular weight excluding hydrogens is 206 g/mol. The third kappa shape index (κ3) is 2.45. The van der Waals surface area contributed by atoms with E-state index in [-0.39, 0.29) is 0 Å². The predicted octanol–water partition coefficient (Wildman–Crippen LogP) is 2.79. The first kappa shape index (κ1) is 10.4. The number of nitrogens with two attached hydrogens (primary N) is 1. The van der Waals surface area contributed by atoms with Crippen LogP contribution in [0.4, 0.5) is 5.69 Å². The molecule has 0 spiro atoms. The molecule has 0 aliphatic heterocycles. The van der Waals surface area contributed by atoms with Gasteiger partial charge in [0, 0.05) is 5.69 Å².